The summed E-state index contributed by atoms with van der Waals surface area (Å²) in [6.45, 7) is 5.35. The molecular weight excluding hydrogens is 226 g/mol. The van der Waals surface area contributed by atoms with Gasteiger partial charge in [0.25, 0.3) is 0 Å². The monoisotopic (exact) mass is 243 g/mol. The maximum Gasteiger partial charge on any atom is 0.144 e. The first-order chi connectivity index (χ1) is 8.78. The lowest BCUT2D eigenvalue weighted by Crippen LogP contribution is -2.03. The predicted octanol–water partition coefficient (Wildman–Crippen LogP) is 2.80. The van der Waals surface area contributed by atoms with E-state index in [1.165, 1.54) is 5.56 Å². The zero-order valence-electron chi connectivity index (χ0n) is 10.7. The Labute approximate surface area is 107 Å². The van der Waals surface area contributed by atoms with Crippen LogP contribution in [0.3, 0.4) is 0 Å². The Bertz CT molecular complexity index is 479. The van der Waals surface area contributed by atoms with Gasteiger partial charge in [0, 0.05) is 6.54 Å². The molecule has 0 spiro atoms. The van der Waals surface area contributed by atoms with Crippen LogP contribution < -0.4 is 10.1 Å². The molecule has 0 unspecified atom stereocenters. The number of benzene rings is 1. The normalized spacial score (nSPS) is 10.1. The summed E-state index contributed by atoms with van der Waals surface area (Å²) in [5, 5.41) is 3.10. The summed E-state index contributed by atoms with van der Waals surface area (Å²) in [7, 11) is 0. The standard InChI is InChI=1S/C14H17N3O/c1-3-15-14-9-16-12(8-17-14)10-18-13-6-4-11(2)5-7-13/h4-9H,3,10H2,1-2H3,(H,15,17). The van der Waals surface area contributed by atoms with Gasteiger partial charge in [0.15, 0.2) is 0 Å². The molecular formula is C14H17N3O. The van der Waals surface area contributed by atoms with Gasteiger partial charge >= 0.3 is 0 Å². The smallest absolute Gasteiger partial charge is 0.144 e. The second kappa shape index (κ2) is 6.00. The molecule has 0 radical (unpaired) electrons. The van der Waals surface area contributed by atoms with Crippen molar-refractivity contribution in [3.05, 3.63) is 47.9 Å². The molecule has 0 aliphatic heterocycles. The third-order valence-corrected chi connectivity index (χ3v) is 2.47. The molecule has 4 heteroatoms. The van der Waals surface area contributed by atoms with Gasteiger partial charge in [-0.25, -0.2) is 4.98 Å². The molecule has 0 saturated carbocycles. The Morgan fingerprint density at radius 1 is 1.11 bits per heavy atom. The van der Waals surface area contributed by atoms with Crippen molar-refractivity contribution in [2.75, 3.05) is 11.9 Å². The molecule has 1 aromatic carbocycles. The number of hydrogen-bond acceptors (Lipinski definition) is 4. The van der Waals surface area contributed by atoms with E-state index in [0.717, 1.165) is 23.8 Å². The summed E-state index contributed by atoms with van der Waals surface area (Å²) in [4.78, 5) is 8.52. The fourth-order valence-corrected chi connectivity index (χ4v) is 1.49. The minimum absolute atomic E-state index is 0.433. The van der Waals surface area contributed by atoms with Crippen LogP contribution in [0.15, 0.2) is 36.7 Å². The van der Waals surface area contributed by atoms with E-state index < -0.39 is 0 Å². The van der Waals surface area contributed by atoms with E-state index in [1.807, 2.05) is 31.2 Å². The van der Waals surface area contributed by atoms with Crippen molar-refractivity contribution in [2.45, 2.75) is 20.5 Å². The average Bonchev–Trinajstić information content (AvgIpc) is 2.40. The molecule has 0 atom stereocenters. The van der Waals surface area contributed by atoms with Gasteiger partial charge in [-0.05, 0) is 26.0 Å². The third-order valence-electron chi connectivity index (χ3n) is 2.47. The minimum Gasteiger partial charge on any atom is -0.487 e. The van der Waals surface area contributed by atoms with E-state index in [2.05, 4.69) is 22.2 Å². The molecule has 2 aromatic rings. The number of rotatable bonds is 5. The second-order valence-electron chi connectivity index (χ2n) is 4.03. The number of anilines is 1. The Morgan fingerprint density at radius 2 is 1.89 bits per heavy atom. The third kappa shape index (κ3) is 3.45. The maximum atomic E-state index is 5.62. The first-order valence-corrected chi connectivity index (χ1v) is 6.02. The van der Waals surface area contributed by atoms with E-state index in [0.29, 0.717) is 6.61 Å². The fourth-order valence-electron chi connectivity index (χ4n) is 1.49. The molecule has 0 bridgehead atoms. The van der Waals surface area contributed by atoms with E-state index in [9.17, 15) is 0 Å². The van der Waals surface area contributed by atoms with Gasteiger partial charge in [-0.2, -0.15) is 0 Å². The van der Waals surface area contributed by atoms with Gasteiger partial charge in [0.2, 0.25) is 0 Å². The lowest BCUT2D eigenvalue weighted by molar-refractivity contribution is 0.301. The van der Waals surface area contributed by atoms with E-state index in [1.54, 1.807) is 12.4 Å². The van der Waals surface area contributed by atoms with E-state index >= 15 is 0 Å². The van der Waals surface area contributed by atoms with E-state index in [-0.39, 0.29) is 0 Å². The summed E-state index contributed by atoms with van der Waals surface area (Å²) in [6.07, 6.45) is 3.45. The maximum absolute atomic E-state index is 5.62. The Kier molecular flexibility index (Phi) is 4.12. The Balaban J connectivity index is 1.91. The van der Waals surface area contributed by atoms with Crippen molar-refractivity contribution in [3.63, 3.8) is 0 Å². The molecule has 1 aromatic heterocycles. The Hall–Kier alpha value is -2.10. The molecule has 0 amide bonds. The number of nitrogens with zero attached hydrogens (tertiary/aromatic N) is 2. The van der Waals surface area contributed by atoms with Crippen LogP contribution in [-0.4, -0.2) is 16.5 Å². The molecule has 1 heterocycles. The fraction of sp³-hybridized carbons (Fsp3) is 0.286. The highest BCUT2D eigenvalue weighted by atomic mass is 16.5. The number of hydrogen-bond donors (Lipinski definition) is 1. The molecule has 18 heavy (non-hydrogen) atoms. The molecule has 4 nitrogen and oxygen atoms in total. The highest BCUT2D eigenvalue weighted by molar-refractivity contribution is 5.30. The highest BCUT2D eigenvalue weighted by Gasteiger charge is 1.98. The van der Waals surface area contributed by atoms with Crippen LogP contribution in [0.1, 0.15) is 18.2 Å². The first-order valence-electron chi connectivity index (χ1n) is 6.02. The summed E-state index contributed by atoms with van der Waals surface area (Å²) in [6, 6.07) is 7.95. The van der Waals surface area contributed by atoms with Crippen molar-refractivity contribution >= 4 is 5.82 Å². The molecule has 1 N–H and O–H groups in total. The van der Waals surface area contributed by atoms with Gasteiger partial charge in [-0.15, -0.1) is 0 Å². The zero-order valence-corrected chi connectivity index (χ0v) is 10.7. The van der Waals surface area contributed by atoms with Gasteiger partial charge in [0.05, 0.1) is 18.1 Å². The zero-order chi connectivity index (χ0) is 12.8. The van der Waals surface area contributed by atoms with Crippen LogP contribution >= 0.6 is 0 Å². The van der Waals surface area contributed by atoms with Gasteiger partial charge in [-0.3, -0.25) is 4.98 Å². The van der Waals surface area contributed by atoms with Crippen LogP contribution in [0.25, 0.3) is 0 Å². The lowest BCUT2D eigenvalue weighted by Gasteiger charge is -2.06. The summed E-state index contributed by atoms with van der Waals surface area (Å²) >= 11 is 0. The highest BCUT2D eigenvalue weighted by Crippen LogP contribution is 2.13. The van der Waals surface area contributed by atoms with Crippen LogP contribution in [0, 0.1) is 6.92 Å². The first kappa shape index (κ1) is 12.4. The van der Waals surface area contributed by atoms with Crippen molar-refractivity contribution in [1.82, 2.24) is 9.97 Å². The molecule has 0 aliphatic carbocycles. The lowest BCUT2D eigenvalue weighted by atomic mass is 10.2. The SMILES string of the molecule is CCNc1cnc(COc2ccc(C)cc2)cn1. The van der Waals surface area contributed by atoms with Gasteiger partial charge in [0.1, 0.15) is 18.2 Å². The number of ether oxygens (including phenoxy) is 1. The van der Waals surface area contributed by atoms with Crippen molar-refractivity contribution in [1.29, 1.82) is 0 Å². The van der Waals surface area contributed by atoms with E-state index in [4.69, 9.17) is 4.74 Å². The molecule has 2 rings (SSSR count). The molecule has 94 valence electrons. The van der Waals surface area contributed by atoms with Crippen molar-refractivity contribution in [3.8, 4) is 5.75 Å². The van der Waals surface area contributed by atoms with Crippen LogP contribution in [0.2, 0.25) is 0 Å². The van der Waals surface area contributed by atoms with Crippen molar-refractivity contribution < 1.29 is 4.74 Å². The Morgan fingerprint density at radius 3 is 2.50 bits per heavy atom. The quantitative estimate of drug-likeness (QED) is 0.877. The largest absolute Gasteiger partial charge is 0.487 e. The molecule has 0 fully saturated rings. The number of aryl methyl sites for hydroxylation is 1. The van der Waals surface area contributed by atoms with Gasteiger partial charge in [-0.1, -0.05) is 17.7 Å². The number of aromatic nitrogens is 2. The van der Waals surface area contributed by atoms with Gasteiger partial charge < -0.3 is 10.1 Å². The summed E-state index contributed by atoms with van der Waals surface area (Å²) in [5.74, 6) is 1.63. The molecule has 0 aliphatic rings. The molecule has 0 saturated heterocycles. The topological polar surface area (TPSA) is 47.0 Å². The van der Waals surface area contributed by atoms with Crippen LogP contribution in [0.5, 0.6) is 5.75 Å². The van der Waals surface area contributed by atoms with Crippen LogP contribution in [0.4, 0.5) is 5.82 Å². The summed E-state index contributed by atoms with van der Waals surface area (Å²) < 4.78 is 5.62. The number of nitrogens with one attached hydrogen (secondary N) is 1. The minimum atomic E-state index is 0.433. The predicted molar refractivity (Wildman–Crippen MR) is 71.7 cm³/mol. The second-order valence-corrected chi connectivity index (χ2v) is 4.03. The average molecular weight is 243 g/mol. The van der Waals surface area contributed by atoms with Crippen LogP contribution in [-0.2, 0) is 6.61 Å². The summed E-state index contributed by atoms with van der Waals surface area (Å²) in [5.41, 5.74) is 2.04. The van der Waals surface area contributed by atoms with Crippen molar-refractivity contribution in [2.24, 2.45) is 0 Å².